The molecule has 0 aliphatic carbocycles. The van der Waals surface area contributed by atoms with Crippen molar-refractivity contribution < 1.29 is 0 Å². The fourth-order valence-electron chi connectivity index (χ4n) is 2.26. The minimum absolute atomic E-state index is 0.450. The minimum Gasteiger partial charge on any atom is -0.303 e. The van der Waals surface area contributed by atoms with E-state index in [1.54, 1.807) is 0 Å². The van der Waals surface area contributed by atoms with Gasteiger partial charge in [-0.05, 0) is 50.6 Å². The van der Waals surface area contributed by atoms with Crippen molar-refractivity contribution in [1.82, 2.24) is 9.55 Å². The Labute approximate surface area is 117 Å². The van der Waals surface area contributed by atoms with E-state index in [2.05, 4.69) is 72.5 Å². The largest absolute Gasteiger partial charge is 0.303 e. The van der Waals surface area contributed by atoms with E-state index in [4.69, 9.17) is 4.98 Å². The highest BCUT2D eigenvalue weighted by Gasteiger charge is 2.08. The van der Waals surface area contributed by atoms with E-state index < -0.39 is 0 Å². The molecule has 0 fully saturated rings. The van der Waals surface area contributed by atoms with Gasteiger partial charge in [-0.1, -0.05) is 22.9 Å². The highest BCUT2D eigenvalue weighted by molar-refractivity contribution is 9.09. The summed E-state index contributed by atoms with van der Waals surface area (Å²) in [6.07, 6.45) is 0.952. The number of aryl methyl sites for hydroxylation is 3. The van der Waals surface area contributed by atoms with Crippen LogP contribution in [-0.4, -0.2) is 14.4 Å². The maximum atomic E-state index is 4.77. The lowest BCUT2D eigenvalue weighted by Crippen LogP contribution is -2.06. The summed E-state index contributed by atoms with van der Waals surface area (Å²) >= 11 is 3.59. The van der Waals surface area contributed by atoms with Gasteiger partial charge in [-0.3, -0.25) is 0 Å². The van der Waals surface area contributed by atoms with Gasteiger partial charge in [0.2, 0.25) is 0 Å². The number of rotatable bonds is 3. The highest BCUT2D eigenvalue weighted by atomic mass is 79.9. The smallest absolute Gasteiger partial charge is 0.137 e. The number of aromatic nitrogens is 2. The second kappa shape index (κ2) is 5.27. The first-order chi connectivity index (χ1) is 8.47. The predicted molar refractivity (Wildman–Crippen MR) is 79.9 cm³/mol. The van der Waals surface area contributed by atoms with Gasteiger partial charge < -0.3 is 4.57 Å². The standard InChI is InChI=1S/C15H19BrN2/c1-10-7-14(9-11(2)16)17-15(8-10)18-12(3)5-6-13(18)4/h5-8,11H,9H2,1-4H3. The zero-order chi connectivity index (χ0) is 13.3. The van der Waals surface area contributed by atoms with E-state index in [-0.39, 0.29) is 0 Å². The second-order valence-corrected chi connectivity index (χ2v) is 6.49. The Bertz CT molecular complexity index is 536. The van der Waals surface area contributed by atoms with Crippen molar-refractivity contribution in [2.45, 2.75) is 38.9 Å². The number of alkyl halides is 1. The van der Waals surface area contributed by atoms with Gasteiger partial charge in [-0.25, -0.2) is 4.98 Å². The first-order valence-electron chi connectivity index (χ1n) is 6.24. The molecule has 96 valence electrons. The van der Waals surface area contributed by atoms with Crippen LogP contribution in [0.1, 0.15) is 29.6 Å². The van der Waals surface area contributed by atoms with E-state index in [0.29, 0.717) is 4.83 Å². The minimum atomic E-state index is 0.450. The number of pyridine rings is 1. The molecular weight excluding hydrogens is 288 g/mol. The number of halogens is 1. The average molecular weight is 307 g/mol. The summed E-state index contributed by atoms with van der Waals surface area (Å²) in [4.78, 5) is 5.22. The van der Waals surface area contributed by atoms with Crippen molar-refractivity contribution in [3.63, 3.8) is 0 Å². The summed E-state index contributed by atoms with van der Waals surface area (Å²) in [5.74, 6) is 1.03. The molecule has 3 heteroatoms. The van der Waals surface area contributed by atoms with Crippen molar-refractivity contribution in [3.8, 4) is 5.82 Å². The molecule has 18 heavy (non-hydrogen) atoms. The lowest BCUT2D eigenvalue weighted by Gasteiger charge is -2.12. The van der Waals surface area contributed by atoms with Gasteiger partial charge in [0.05, 0.1) is 0 Å². The molecule has 0 N–H and O–H groups in total. The van der Waals surface area contributed by atoms with Gasteiger partial charge in [0.25, 0.3) is 0 Å². The number of nitrogens with zero attached hydrogens (tertiary/aromatic N) is 2. The third-order valence-corrected chi connectivity index (χ3v) is 3.32. The molecule has 0 amide bonds. The quantitative estimate of drug-likeness (QED) is 0.780. The first-order valence-corrected chi connectivity index (χ1v) is 7.16. The van der Waals surface area contributed by atoms with Crippen molar-refractivity contribution in [3.05, 3.63) is 46.9 Å². The molecule has 0 radical (unpaired) electrons. The lowest BCUT2D eigenvalue weighted by atomic mass is 10.2. The van der Waals surface area contributed by atoms with E-state index in [9.17, 15) is 0 Å². The van der Waals surface area contributed by atoms with Gasteiger partial charge in [0.1, 0.15) is 5.82 Å². The van der Waals surface area contributed by atoms with Gasteiger partial charge in [-0.2, -0.15) is 0 Å². The molecule has 1 atom stereocenters. The molecule has 2 rings (SSSR count). The maximum Gasteiger partial charge on any atom is 0.137 e. The van der Waals surface area contributed by atoms with Crippen molar-refractivity contribution in [2.24, 2.45) is 0 Å². The maximum absolute atomic E-state index is 4.77. The molecule has 2 nitrogen and oxygen atoms in total. The van der Waals surface area contributed by atoms with Gasteiger partial charge in [0, 0.05) is 28.3 Å². The molecular formula is C15H19BrN2. The van der Waals surface area contributed by atoms with Crippen molar-refractivity contribution >= 4 is 15.9 Å². The van der Waals surface area contributed by atoms with Crippen LogP contribution >= 0.6 is 15.9 Å². The second-order valence-electron chi connectivity index (χ2n) is 4.93. The van der Waals surface area contributed by atoms with Crippen molar-refractivity contribution in [1.29, 1.82) is 0 Å². The van der Waals surface area contributed by atoms with Gasteiger partial charge in [-0.15, -0.1) is 0 Å². The summed E-state index contributed by atoms with van der Waals surface area (Å²) in [6, 6.07) is 8.57. The summed E-state index contributed by atoms with van der Waals surface area (Å²) < 4.78 is 2.20. The molecule has 2 heterocycles. The van der Waals surface area contributed by atoms with Crippen LogP contribution < -0.4 is 0 Å². The Morgan fingerprint density at radius 2 is 1.78 bits per heavy atom. The van der Waals surface area contributed by atoms with Crippen LogP contribution in [0.3, 0.4) is 0 Å². The van der Waals surface area contributed by atoms with Crippen LogP contribution in [0.25, 0.3) is 5.82 Å². The van der Waals surface area contributed by atoms with Gasteiger partial charge >= 0.3 is 0 Å². The molecule has 0 aromatic carbocycles. The summed E-state index contributed by atoms with van der Waals surface area (Å²) in [6.45, 7) is 8.51. The molecule has 0 saturated heterocycles. The number of hydrogen-bond acceptors (Lipinski definition) is 1. The van der Waals surface area contributed by atoms with Crippen molar-refractivity contribution in [2.75, 3.05) is 0 Å². The van der Waals surface area contributed by atoms with Crippen LogP contribution in [0, 0.1) is 20.8 Å². The Balaban J connectivity index is 2.48. The molecule has 0 spiro atoms. The zero-order valence-corrected chi connectivity index (χ0v) is 13.0. The Morgan fingerprint density at radius 3 is 2.33 bits per heavy atom. The van der Waals surface area contributed by atoms with E-state index in [1.165, 1.54) is 17.0 Å². The lowest BCUT2D eigenvalue weighted by molar-refractivity contribution is 0.862. The Hall–Kier alpha value is -1.09. The fourth-order valence-corrected chi connectivity index (χ4v) is 2.59. The first kappa shape index (κ1) is 13.3. The SMILES string of the molecule is Cc1cc(CC(C)Br)nc(-n2c(C)ccc2C)c1. The van der Waals surface area contributed by atoms with E-state index >= 15 is 0 Å². The van der Waals surface area contributed by atoms with Crippen LogP contribution in [0.2, 0.25) is 0 Å². The highest BCUT2D eigenvalue weighted by Crippen LogP contribution is 2.18. The third kappa shape index (κ3) is 2.83. The zero-order valence-electron chi connectivity index (χ0n) is 11.4. The van der Waals surface area contributed by atoms with E-state index in [0.717, 1.165) is 17.9 Å². The normalized spacial score (nSPS) is 12.7. The summed E-state index contributed by atoms with van der Waals surface area (Å²) in [5.41, 5.74) is 4.85. The Kier molecular flexibility index (Phi) is 3.91. The Morgan fingerprint density at radius 1 is 1.17 bits per heavy atom. The molecule has 0 bridgehead atoms. The van der Waals surface area contributed by atoms with E-state index in [1.807, 2.05) is 0 Å². The molecule has 2 aromatic heterocycles. The summed E-state index contributed by atoms with van der Waals surface area (Å²) in [7, 11) is 0. The summed E-state index contributed by atoms with van der Waals surface area (Å²) in [5, 5.41) is 0. The topological polar surface area (TPSA) is 17.8 Å². The monoisotopic (exact) mass is 306 g/mol. The van der Waals surface area contributed by atoms with Crippen LogP contribution in [-0.2, 0) is 6.42 Å². The van der Waals surface area contributed by atoms with Gasteiger partial charge in [0.15, 0.2) is 0 Å². The average Bonchev–Trinajstić information content (AvgIpc) is 2.56. The molecule has 2 aromatic rings. The third-order valence-electron chi connectivity index (χ3n) is 3.00. The van der Waals surface area contributed by atoms with Crippen LogP contribution in [0.4, 0.5) is 0 Å². The molecule has 0 aliphatic heterocycles. The fraction of sp³-hybridized carbons (Fsp3) is 0.400. The number of hydrogen-bond donors (Lipinski definition) is 0. The predicted octanol–water partition coefficient (Wildman–Crippen LogP) is 4.12. The van der Waals surface area contributed by atoms with Crippen LogP contribution in [0.5, 0.6) is 0 Å². The van der Waals surface area contributed by atoms with Crippen LogP contribution in [0.15, 0.2) is 24.3 Å². The molecule has 1 unspecified atom stereocenters. The molecule has 0 saturated carbocycles. The molecule has 0 aliphatic rings.